The van der Waals surface area contributed by atoms with E-state index in [0.29, 0.717) is 0 Å². The van der Waals surface area contributed by atoms with Crippen LogP contribution in [-0.2, 0) is 0 Å². The fraction of sp³-hybridized carbons (Fsp3) is 0.0952. The van der Waals surface area contributed by atoms with Crippen LogP contribution in [0.1, 0.15) is 23.2 Å². The predicted molar refractivity (Wildman–Crippen MR) is 203 cm³/mol. The Morgan fingerprint density at radius 3 is 0.848 bits per heavy atom. The Kier molecular flexibility index (Phi) is 11.5. The molecule has 0 saturated carbocycles. The molecular formula is C42H38N2P2. The second kappa shape index (κ2) is 16.7. The van der Waals surface area contributed by atoms with Crippen molar-refractivity contribution in [1.29, 1.82) is 0 Å². The van der Waals surface area contributed by atoms with Gasteiger partial charge >= 0.3 is 0 Å². The lowest BCUT2D eigenvalue weighted by Gasteiger charge is -2.23. The van der Waals surface area contributed by atoms with Gasteiger partial charge < -0.3 is 0 Å². The monoisotopic (exact) mass is 632 g/mol. The molecule has 0 aliphatic rings. The van der Waals surface area contributed by atoms with Gasteiger partial charge in [-0.15, -0.1) is 0 Å². The number of aliphatic imine (C=N–C) groups is 2. The van der Waals surface area contributed by atoms with Crippen molar-refractivity contribution in [3.63, 3.8) is 0 Å². The topological polar surface area (TPSA) is 24.7 Å². The molecule has 0 amide bonds. The minimum absolute atomic E-state index is 0.150. The zero-order valence-corrected chi connectivity index (χ0v) is 27.6. The van der Waals surface area contributed by atoms with E-state index in [9.17, 15) is 0 Å². The summed E-state index contributed by atoms with van der Waals surface area (Å²) in [5, 5.41) is 5.44. The summed E-state index contributed by atoms with van der Waals surface area (Å²) in [6.45, 7) is 0. The molecule has 0 N–H and O–H groups in total. The number of benzene rings is 6. The zero-order valence-electron chi connectivity index (χ0n) is 25.8. The van der Waals surface area contributed by atoms with E-state index in [-0.39, 0.29) is 12.1 Å². The van der Waals surface area contributed by atoms with E-state index in [0.717, 1.165) is 12.3 Å². The van der Waals surface area contributed by atoms with Crippen LogP contribution in [0.25, 0.3) is 0 Å². The highest BCUT2D eigenvalue weighted by atomic mass is 31.1. The lowest BCUT2D eigenvalue weighted by atomic mass is 9.94. The van der Waals surface area contributed by atoms with Gasteiger partial charge in [-0.3, -0.25) is 9.98 Å². The molecule has 0 aliphatic heterocycles. The highest BCUT2D eigenvalue weighted by Gasteiger charge is 2.24. The fourth-order valence-electron chi connectivity index (χ4n) is 5.64. The summed E-state index contributed by atoms with van der Waals surface area (Å²) < 4.78 is 0. The number of rotatable bonds is 13. The summed E-state index contributed by atoms with van der Waals surface area (Å²) in [7, 11) is -1.16. The van der Waals surface area contributed by atoms with Gasteiger partial charge in [0.15, 0.2) is 0 Å². The first-order valence-electron chi connectivity index (χ1n) is 15.8. The molecule has 0 saturated heterocycles. The molecule has 46 heavy (non-hydrogen) atoms. The van der Waals surface area contributed by atoms with E-state index in [4.69, 9.17) is 9.98 Å². The van der Waals surface area contributed by atoms with Gasteiger partial charge in [0.25, 0.3) is 0 Å². The Bertz CT molecular complexity index is 1560. The van der Waals surface area contributed by atoms with Gasteiger partial charge in [0.05, 0.1) is 0 Å². The standard InChI is InChI=1S/C42H38N2P2/c1-7-19-35(20-8-1)41(43-31-33-45(37-23-11-3-12-24-37)38-25-13-4-14-26-38)42(36-21-9-2-10-22-36)44-32-34-46(39-27-15-5-16-28-39)40-29-17-6-18-30-40/h1-32,41-42H,33-34H2/b43-31+,44-32+. The van der Waals surface area contributed by atoms with Crippen molar-refractivity contribution >= 4 is 49.5 Å². The smallest absolute Gasteiger partial charge is 0.101 e. The quantitative estimate of drug-likeness (QED) is 0.0898. The van der Waals surface area contributed by atoms with Crippen LogP contribution in [0.4, 0.5) is 0 Å². The maximum Gasteiger partial charge on any atom is 0.101 e. The van der Waals surface area contributed by atoms with E-state index < -0.39 is 15.8 Å². The van der Waals surface area contributed by atoms with E-state index in [1.165, 1.54) is 32.3 Å². The van der Waals surface area contributed by atoms with Gasteiger partial charge in [-0.1, -0.05) is 182 Å². The third-order valence-electron chi connectivity index (χ3n) is 7.91. The van der Waals surface area contributed by atoms with Crippen molar-refractivity contribution in [3.8, 4) is 0 Å². The Morgan fingerprint density at radius 2 is 0.587 bits per heavy atom. The van der Waals surface area contributed by atoms with Crippen LogP contribution in [-0.4, -0.2) is 24.8 Å². The fourth-order valence-corrected chi connectivity index (χ4v) is 9.72. The Balaban J connectivity index is 1.34. The van der Waals surface area contributed by atoms with Gasteiger partial charge in [0.1, 0.15) is 12.1 Å². The van der Waals surface area contributed by atoms with E-state index in [2.05, 4.69) is 194 Å². The average molecular weight is 633 g/mol. The largest absolute Gasteiger partial charge is 0.286 e. The Labute approximate surface area is 276 Å². The minimum atomic E-state index is -0.580. The normalized spacial score (nSPS) is 13.0. The van der Waals surface area contributed by atoms with Gasteiger partial charge in [-0.25, -0.2) is 0 Å². The number of nitrogens with zero attached hydrogens (tertiary/aromatic N) is 2. The maximum atomic E-state index is 5.36. The molecule has 6 aromatic carbocycles. The first kappa shape index (κ1) is 31.5. The lowest BCUT2D eigenvalue weighted by Crippen LogP contribution is -2.16. The van der Waals surface area contributed by atoms with Crippen LogP contribution in [0.3, 0.4) is 0 Å². The van der Waals surface area contributed by atoms with Crippen molar-refractivity contribution in [2.45, 2.75) is 12.1 Å². The molecule has 226 valence electrons. The molecule has 0 radical (unpaired) electrons. The van der Waals surface area contributed by atoms with Crippen molar-refractivity contribution < 1.29 is 0 Å². The molecule has 2 nitrogen and oxygen atoms in total. The van der Waals surface area contributed by atoms with Crippen LogP contribution >= 0.6 is 15.8 Å². The third-order valence-corrected chi connectivity index (χ3v) is 12.7. The summed E-state index contributed by atoms with van der Waals surface area (Å²) in [5.41, 5.74) is 2.34. The summed E-state index contributed by atoms with van der Waals surface area (Å²) in [5.74, 6) is 0. The average Bonchev–Trinajstić information content (AvgIpc) is 3.14. The molecule has 0 aliphatic carbocycles. The van der Waals surface area contributed by atoms with Crippen LogP contribution < -0.4 is 21.2 Å². The molecule has 4 heteroatoms. The molecule has 6 aromatic rings. The van der Waals surface area contributed by atoms with Gasteiger partial charge in [0.2, 0.25) is 0 Å². The summed E-state index contributed by atoms with van der Waals surface area (Å²) in [6, 6.07) is 64.4. The molecule has 6 rings (SSSR count). The zero-order chi connectivity index (χ0) is 31.2. The summed E-state index contributed by atoms with van der Waals surface area (Å²) in [4.78, 5) is 10.7. The molecule has 0 spiro atoms. The van der Waals surface area contributed by atoms with Crippen LogP contribution in [0.2, 0.25) is 0 Å². The molecular weight excluding hydrogens is 594 g/mol. The van der Waals surface area contributed by atoms with Gasteiger partial charge in [0, 0.05) is 24.8 Å². The number of hydrogen-bond acceptors (Lipinski definition) is 2. The van der Waals surface area contributed by atoms with Gasteiger partial charge in [-0.05, 0) is 48.2 Å². The highest BCUT2D eigenvalue weighted by molar-refractivity contribution is 7.74. The molecule has 2 atom stereocenters. The van der Waals surface area contributed by atoms with E-state index in [1.807, 2.05) is 0 Å². The first-order chi connectivity index (χ1) is 22.9. The Hall–Kier alpha value is -4.48. The van der Waals surface area contributed by atoms with Crippen molar-refractivity contribution in [1.82, 2.24) is 0 Å². The molecule has 0 fully saturated rings. The maximum absolute atomic E-state index is 5.36. The van der Waals surface area contributed by atoms with Crippen LogP contribution in [0.5, 0.6) is 0 Å². The van der Waals surface area contributed by atoms with Crippen LogP contribution in [0.15, 0.2) is 192 Å². The van der Waals surface area contributed by atoms with Crippen LogP contribution in [0, 0.1) is 0 Å². The first-order valence-corrected chi connectivity index (χ1v) is 18.8. The van der Waals surface area contributed by atoms with Crippen molar-refractivity contribution in [2.75, 3.05) is 12.3 Å². The number of hydrogen-bond donors (Lipinski definition) is 0. The predicted octanol–water partition coefficient (Wildman–Crippen LogP) is 8.88. The molecule has 0 heterocycles. The summed E-state index contributed by atoms with van der Waals surface area (Å²) in [6.07, 6.45) is 6.06. The second-order valence-corrected chi connectivity index (χ2v) is 15.4. The second-order valence-electron chi connectivity index (χ2n) is 10.9. The molecule has 2 unspecified atom stereocenters. The summed E-state index contributed by atoms with van der Waals surface area (Å²) >= 11 is 0. The minimum Gasteiger partial charge on any atom is -0.286 e. The molecule has 0 bridgehead atoms. The van der Waals surface area contributed by atoms with Gasteiger partial charge in [-0.2, -0.15) is 0 Å². The third kappa shape index (κ3) is 8.41. The van der Waals surface area contributed by atoms with E-state index >= 15 is 0 Å². The lowest BCUT2D eigenvalue weighted by molar-refractivity contribution is 0.583. The van der Waals surface area contributed by atoms with E-state index in [1.54, 1.807) is 0 Å². The Morgan fingerprint density at radius 1 is 0.348 bits per heavy atom. The van der Waals surface area contributed by atoms with Crippen molar-refractivity contribution in [2.24, 2.45) is 9.98 Å². The van der Waals surface area contributed by atoms with Crippen molar-refractivity contribution in [3.05, 3.63) is 193 Å². The SMILES string of the molecule is C(/CP(c1ccccc1)c1ccccc1)=N\C(c1ccccc1)C(/N=C/CP(c1ccccc1)c1ccccc1)c1ccccc1. The highest BCUT2D eigenvalue weighted by Crippen LogP contribution is 2.38. The molecule has 0 aromatic heterocycles.